The molecule has 0 spiro atoms. The van der Waals surface area contributed by atoms with Crippen LogP contribution in [-0.2, 0) is 11.8 Å². The van der Waals surface area contributed by atoms with Crippen LogP contribution in [0.4, 0.5) is 13.2 Å². The Balaban J connectivity index is 1.66. The lowest BCUT2D eigenvalue weighted by Gasteiger charge is -2.38. The van der Waals surface area contributed by atoms with E-state index >= 15 is 0 Å². The molecule has 0 amide bonds. The van der Waals surface area contributed by atoms with E-state index in [1.807, 2.05) is 30.3 Å². The Labute approximate surface area is 184 Å². The molecule has 0 aliphatic heterocycles. The van der Waals surface area contributed by atoms with Gasteiger partial charge in [0.1, 0.15) is 0 Å². The first-order chi connectivity index (χ1) is 15.1. The third-order valence-electron chi connectivity index (χ3n) is 5.86. The Bertz CT molecular complexity index is 1180. The fourth-order valence-corrected chi connectivity index (χ4v) is 4.19. The van der Waals surface area contributed by atoms with E-state index in [-0.39, 0.29) is 0 Å². The molecule has 7 heteroatoms. The summed E-state index contributed by atoms with van der Waals surface area (Å²) >= 11 is 0. The number of nitrogens with one attached hydrogen (secondary N) is 1. The van der Waals surface area contributed by atoms with Crippen LogP contribution in [0.25, 0.3) is 22.0 Å². The largest absolute Gasteiger partial charge is 0.417 e. The van der Waals surface area contributed by atoms with Crippen molar-refractivity contribution in [1.29, 1.82) is 0 Å². The molecule has 3 aromatic heterocycles. The number of aromatic amines is 1. The summed E-state index contributed by atoms with van der Waals surface area (Å²) in [6, 6.07) is 14.4. The number of halogens is 3. The van der Waals surface area contributed by atoms with Crippen LogP contribution >= 0.6 is 0 Å². The Morgan fingerprint density at radius 2 is 1.66 bits per heavy atom. The van der Waals surface area contributed by atoms with Gasteiger partial charge in [-0.2, -0.15) is 13.2 Å². The van der Waals surface area contributed by atoms with Crippen molar-refractivity contribution in [2.24, 2.45) is 0 Å². The number of aliphatic hydroxyl groups is 1. The lowest BCUT2D eigenvalue weighted by molar-refractivity contribution is -0.266. The molecular formula is C25H24F3N3O. The van der Waals surface area contributed by atoms with Crippen molar-refractivity contribution in [2.45, 2.75) is 43.9 Å². The van der Waals surface area contributed by atoms with Gasteiger partial charge in [-0.15, -0.1) is 0 Å². The lowest BCUT2D eigenvalue weighted by Crippen LogP contribution is -2.50. The predicted molar refractivity (Wildman–Crippen MR) is 118 cm³/mol. The summed E-state index contributed by atoms with van der Waals surface area (Å²) in [6.45, 7) is 3.45. The van der Waals surface area contributed by atoms with E-state index in [2.05, 4.69) is 15.0 Å². The number of nitrogens with zero attached hydrogens (tertiary/aromatic N) is 2. The number of aromatic nitrogens is 3. The van der Waals surface area contributed by atoms with Gasteiger partial charge in [-0.05, 0) is 46.7 Å². The third-order valence-corrected chi connectivity index (χ3v) is 5.86. The highest BCUT2D eigenvalue weighted by atomic mass is 19.4. The maximum atomic E-state index is 14.2. The van der Waals surface area contributed by atoms with Crippen molar-refractivity contribution < 1.29 is 18.3 Å². The van der Waals surface area contributed by atoms with Gasteiger partial charge in [0.15, 0.2) is 5.60 Å². The molecule has 1 atom stereocenters. The summed E-state index contributed by atoms with van der Waals surface area (Å²) in [5.41, 5.74) is -0.408. The van der Waals surface area contributed by atoms with Crippen LogP contribution in [0.1, 0.15) is 31.5 Å². The minimum atomic E-state index is -4.80. The van der Waals surface area contributed by atoms with E-state index in [4.69, 9.17) is 0 Å². The summed E-state index contributed by atoms with van der Waals surface area (Å²) in [6.07, 6.45) is 0.655. The number of pyridine rings is 2. The fourth-order valence-electron chi connectivity index (χ4n) is 4.19. The van der Waals surface area contributed by atoms with Crippen LogP contribution in [0.15, 0.2) is 73.3 Å². The molecule has 0 radical (unpaired) electrons. The monoisotopic (exact) mass is 439 g/mol. The molecule has 0 fully saturated rings. The molecule has 4 aromatic rings. The average molecular weight is 439 g/mol. The normalized spacial score (nSPS) is 14.4. The molecule has 4 nitrogen and oxygen atoms in total. The summed E-state index contributed by atoms with van der Waals surface area (Å²) < 4.78 is 42.5. The summed E-state index contributed by atoms with van der Waals surface area (Å²) in [5.74, 6) is 0. The van der Waals surface area contributed by atoms with Gasteiger partial charge in [-0.25, -0.2) is 0 Å². The topological polar surface area (TPSA) is 61.8 Å². The minimum Gasteiger partial charge on any atom is -0.380 e. The van der Waals surface area contributed by atoms with Crippen LogP contribution in [0.2, 0.25) is 0 Å². The van der Waals surface area contributed by atoms with Crippen molar-refractivity contribution in [3.05, 3.63) is 84.6 Å². The molecule has 0 aliphatic carbocycles. The number of alkyl halides is 3. The van der Waals surface area contributed by atoms with Crippen molar-refractivity contribution in [1.82, 2.24) is 15.0 Å². The number of rotatable bonds is 6. The summed E-state index contributed by atoms with van der Waals surface area (Å²) in [5, 5.41) is 11.6. The molecule has 0 aliphatic rings. The van der Waals surface area contributed by atoms with Crippen LogP contribution in [-0.4, -0.2) is 31.8 Å². The van der Waals surface area contributed by atoms with Crippen LogP contribution in [0, 0.1) is 0 Å². The molecular weight excluding hydrogens is 415 g/mol. The Kier molecular flexibility index (Phi) is 5.54. The average Bonchev–Trinajstić information content (AvgIpc) is 3.15. The second-order valence-electron chi connectivity index (χ2n) is 8.85. The van der Waals surface area contributed by atoms with Crippen molar-refractivity contribution in [2.75, 3.05) is 0 Å². The van der Waals surface area contributed by atoms with Gasteiger partial charge in [-0.3, -0.25) is 9.97 Å². The van der Waals surface area contributed by atoms with Gasteiger partial charge in [0.25, 0.3) is 0 Å². The Morgan fingerprint density at radius 1 is 0.906 bits per heavy atom. The van der Waals surface area contributed by atoms with Gasteiger partial charge in [-0.1, -0.05) is 44.2 Å². The molecule has 2 N–H and O–H groups in total. The molecule has 0 bridgehead atoms. The fraction of sp³-hybridized carbons (Fsp3) is 0.280. The Morgan fingerprint density at radius 3 is 2.34 bits per heavy atom. The second kappa shape index (κ2) is 8.06. The standard InChI is InChI=1S/C25H24F3N3O/c1-23(2,20-7-3-5-17(11-20)18-6-4-9-29-14-18)16-24(32,25(26,27)28)13-21-12-19-15-30-10-8-22(19)31-21/h3-12,14-15,31-32H,13,16H2,1-2H3. The highest BCUT2D eigenvalue weighted by Crippen LogP contribution is 2.43. The molecule has 0 saturated carbocycles. The molecule has 4 rings (SSSR count). The number of fused-ring (bicyclic) bond motifs is 1. The summed E-state index contributed by atoms with van der Waals surface area (Å²) in [4.78, 5) is 11.1. The molecule has 1 aromatic carbocycles. The minimum absolute atomic E-state index is 0.313. The molecule has 32 heavy (non-hydrogen) atoms. The first-order valence-corrected chi connectivity index (χ1v) is 10.3. The van der Waals surface area contributed by atoms with E-state index in [0.717, 1.165) is 11.1 Å². The van der Waals surface area contributed by atoms with Crippen molar-refractivity contribution >= 4 is 10.9 Å². The van der Waals surface area contributed by atoms with E-state index in [9.17, 15) is 18.3 Å². The van der Waals surface area contributed by atoms with Crippen molar-refractivity contribution in [3.8, 4) is 11.1 Å². The maximum Gasteiger partial charge on any atom is 0.417 e. The zero-order chi connectivity index (χ0) is 23.0. The highest BCUT2D eigenvalue weighted by molar-refractivity contribution is 5.79. The first-order valence-electron chi connectivity index (χ1n) is 10.3. The third kappa shape index (κ3) is 4.39. The first kappa shape index (κ1) is 22.0. The van der Waals surface area contributed by atoms with Gasteiger partial charge >= 0.3 is 6.18 Å². The molecule has 3 heterocycles. The Hall–Kier alpha value is -3.19. The van der Waals surface area contributed by atoms with E-state index in [1.165, 1.54) is 0 Å². The quantitative estimate of drug-likeness (QED) is 0.397. The van der Waals surface area contributed by atoms with Crippen LogP contribution < -0.4 is 0 Å². The zero-order valence-corrected chi connectivity index (χ0v) is 17.8. The smallest absolute Gasteiger partial charge is 0.380 e. The molecule has 166 valence electrons. The van der Waals surface area contributed by atoms with E-state index in [1.54, 1.807) is 56.8 Å². The number of hydrogen-bond acceptors (Lipinski definition) is 3. The van der Waals surface area contributed by atoms with Crippen LogP contribution in [0.5, 0.6) is 0 Å². The zero-order valence-electron chi connectivity index (χ0n) is 17.8. The maximum absolute atomic E-state index is 14.2. The van der Waals surface area contributed by atoms with Gasteiger partial charge in [0.05, 0.1) is 0 Å². The van der Waals surface area contributed by atoms with E-state index in [0.29, 0.717) is 22.2 Å². The van der Waals surface area contributed by atoms with Gasteiger partial charge in [0.2, 0.25) is 0 Å². The van der Waals surface area contributed by atoms with Gasteiger partial charge in [0, 0.05) is 47.8 Å². The molecule has 0 saturated heterocycles. The van der Waals surface area contributed by atoms with E-state index < -0.39 is 30.0 Å². The number of benzene rings is 1. The SMILES string of the molecule is CC(C)(CC(O)(Cc1cc2cnccc2[nH]1)C(F)(F)F)c1cccc(-c2cccnc2)c1. The van der Waals surface area contributed by atoms with Crippen LogP contribution in [0.3, 0.4) is 0 Å². The molecule has 1 unspecified atom stereocenters. The predicted octanol–water partition coefficient (Wildman–Crippen LogP) is 5.83. The second-order valence-corrected chi connectivity index (χ2v) is 8.85. The highest BCUT2D eigenvalue weighted by Gasteiger charge is 2.56. The van der Waals surface area contributed by atoms with Crippen molar-refractivity contribution in [3.63, 3.8) is 0 Å². The number of H-pyrrole nitrogens is 1. The van der Waals surface area contributed by atoms with Gasteiger partial charge < -0.3 is 10.1 Å². The lowest BCUT2D eigenvalue weighted by atomic mass is 9.73. The summed E-state index contributed by atoms with van der Waals surface area (Å²) in [7, 11) is 0. The number of hydrogen-bond donors (Lipinski definition) is 2.